The molecule has 0 atom stereocenters. The molecule has 94 valence electrons. The number of pyridine rings is 1. The average Bonchev–Trinajstić information content (AvgIpc) is 2.36. The normalized spacial score (nSPS) is 17.4. The molecule has 18 heavy (non-hydrogen) atoms. The molecular weight excluding hydrogens is 226 g/mol. The van der Waals surface area contributed by atoms with Crippen molar-refractivity contribution in [2.75, 3.05) is 17.6 Å². The van der Waals surface area contributed by atoms with Crippen LogP contribution in [0.4, 0.5) is 11.4 Å². The topological polar surface area (TPSA) is 71.2 Å². The van der Waals surface area contributed by atoms with Gasteiger partial charge in [-0.3, -0.25) is 4.98 Å². The number of rotatable bonds is 3. The summed E-state index contributed by atoms with van der Waals surface area (Å²) >= 11 is 0. The maximum atomic E-state index is 10.1. The number of aliphatic hydroxyl groups is 1. The van der Waals surface area contributed by atoms with Crippen molar-refractivity contribution in [1.82, 2.24) is 4.98 Å². The molecule has 1 saturated carbocycles. The van der Waals surface area contributed by atoms with Crippen LogP contribution in [0, 0.1) is 0 Å². The molecule has 1 aliphatic rings. The number of benzene rings is 1. The number of fused-ring (bicyclic) bond motifs is 1. The Morgan fingerprint density at radius 2 is 2.17 bits per heavy atom. The molecule has 0 saturated heterocycles. The van der Waals surface area contributed by atoms with E-state index < -0.39 is 5.60 Å². The third-order valence-corrected chi connectivity index (χ3v) is 3.70. The zero-order valence-electron chi connectivity index (χ0n) is 10.2. The first-order valence-corrected chi connectivity index (χ1v) is 6.27. The van der Waals surface area contributed by atoms with Crippen LogP contribution in [-0.4, -0.2) is 22.2 Å². The Morgan fingerprint density at radius 1 is 1.33 bits per heavy atom. The minimum atomic E-state index is -0.539. The molecule has 4 nitrogen and oxygen atoms in total. The summed E-state index contributed by atoms with van der Waals surface area (Å²) in [6.07, 6.45) is 4.62. The maximum absolute atomic E-state index is 10.1. The van der Waals surface area contributed by atoms with Crippen LogP contribution in [-0.2, 0) is 0 Å². The molecule has 0 radical (unpaired) electrons. The first-order valence-electron chi connectivity index (χ1n) is 6.27. The van der Waals surface area contributed by atoms with E-state index in [1.165, 1.54) is 0 Å². The second kappa shape index (κ2) is 4.14. The maximum Gasteiger partial charge on any atom is 0.0953 e. The van der Waals surface area contributed by atoms with Crippen molar-refractivity contribution in [3.63, 3.8) is 0 Å². The van der Waals surface area contributed by atoms with Gasteiger partial charge in [-0.15, -0.1) is 0 Å². The van der Waals surface area contributed by atoms with Gasteiger partial charge in [0.15, 0.2) is 0 Å². The lowest BCUT2D eigenvalue weighted by Crippen LogP contribution is -2.43. The van der Waals surface area contributed by atoms with Crippen molar-refractivity contribution in [3.05, 3.63) is 30.5 Å². The summed E-state index contributed by atoms with van der Waals surface area (Å²) in [5.74, 6) is 0. The highest BCUT2D eigenvalue weighted by Crippen LogP contribution is 2.33. The largest absolute Gasteiger partial charge is 0.398 e. The number of nitrogens with two attached hydrogens (primary N) is 1. The molecular formula is C14H17N3O. The van der Waals surface area contributed by atoms with Gasteiger partial charge in [-0.25, -0.2) is 0 Å². The zero-order chi connectivity index (χ0) is 12.6. The smallest absolute Gasteiger partial charge is 0.0953 e. The zero-order valence-corrected chi connectivity index (χ0v) is 10.2. The van der Waals surface area contributed by atoms with E-state index in [0.29, 0.717) is 6.54 Å². The summed E-state index contributed by atoms with van der Waals surface area (Å²) in [6, 6.07) is 7.63. The minimum Gasteiger partial charge on any atom is -0.398 e. The van der Waals surface area contributed by atoms with Crippen LogP contribution in [0.25, 0.3) is 10.9 Å². The van der Waals surface area contributed by atoms with Gasteiger partial charge >= 0.3 is 0 Å². The molecule has 1 aliphatic carbocycles. The number of hydrogen-bond acceptors (Lipinski definition) is 4. The number of aromatic nitrogens is 1. The lowest BCUT2D eigenvalue weighted by Gasteiger charge is -2.36. The molecule has 1 fully saturated rings. The van der Waals surface area contributed by atoms with E-state index in [1.54, 1.807) is 6.20 Å². The van der Waals surface area contributed by atoms with Crippen LogP contribution in [0.15, 0.2) is 30.5 Å². The highest BCUT2D eigenvalue weighted by Gasteiger charge is 2.34. The van der Waals surface area contributed by atoms with Gasteiger partial charge in [0, 0.05) is 23.8 Å². The van der Waals surface area contributed by atoms with Crippen LogP contribution in [0.2, 0.25) is 0 Å². The Hall–Kier alpha value is -1.81. The van der Waals surface area contributed by atoms with Crippen LogP contribution >= 0.6 is 0 Å². The Bertz CT molecular complexity index is 578. The summed E-state index contributed by atoms with van der Waals surface area (Å²) in [6.45, 7) is 0.572. The molecule has 0 bridgehead atoms. The SMILES string of the molecule is Nc1ccc(NCC2(O)CCC2)c2ncccc12. The standard InChI is InChI=1S/C14H17N3O/c15-11-4-5-12(13-10(11)3-1-8-16-13)17-9-14(18)6-2-7-14/h1,3-5,8,17-18H,2,6-7,9,15H2. The highest BCUT2D eigenvalue weighted by atomic mass is 16.3. The van der Waals surface area contributed by atoms with E-state index in [-0.39, 0.29) is 0 Å². The molecule has 1 heterocycles. The number of nitrogens with zero attached hydrogens (tertiary/aromatic N) is 1. The van der Waals surface area contributed by atoms with E-state index >= 15 is 0 Å². The lowest BCUT2D eigenvalue weighted by molar-refractivity contribution is -0.0201. The van der Waals surface area contributed by atoms with Gasteiger partial charge in [0.05, 0.1) is 16.8 Å². The van der Waals surface area contributed by atoms with Gasteiger partial charge in [0.25, 0.3) is 0 Å². The molecule has 1 aromatic heterocycles. The van der Waals surface area contributed by atoms with Crippen LogP contribution in [0.3, 0.4) is 0 Å². The highest BCUT2D eigenvalue weighted by molar-refractivity contribution is 5.98. The number of nitrogen functional groups attached to an aromatic ring is 1. The molecule has 0 aliphatic heterocycles. The second-order valence-electron chi connectivity index (χ2n) is 5.03. The summed E-state index contributed by atoms with van der Waals surface area (Å²) < 4.78 is 0. The van der Waals surface area contributed by atoms with Crippen molar-refractivity contribution in [3.8, 4) is 0 Å². The van der Waals surface area contributed by atoms with Crippen LogP contribution in [0.5, 0.6) is 0 Å². The van der Waals surface area contributed by atoms with Gasteiger partial charge in [-0.05, 0) is 43.5 Å². The van der Waals surface area contributed by atoms with Crippen LogP contribution < -0.4 is 11.1 Å². The molecule has 0 amide bonds. The number of nitrogens with one attached hydrogen (secondary N) is 1. The Morgan fingerprint density at radius 3 is 2.89 bits per heavy atom. The summed E-state index contributed by atoms with van der Waals surface area (Å²) in [5, 5.41) is 14.3. The van der Waals surface area contributed by atoms with E-state index in [9.17, 15) is 5.11 Å². The molecule has 4 N–H and O–H groups in total. The quantitative estimate of drug-likeness (QED) is 0.722. The first kappa shape index (κ1) is 11.3. The fourth-order valence-corrected chi connectivity index (χ4v) is 2.36. The van der Waals surface area contributed by atoms with E-state index in [2.05, 4.69) is 10.3 Å². The van der Waals surface area contributed by atoms with E-state index in [1.807, 2.05) is 24.3 Å². The van der Waals surface area contributed by atoms with Crippen molar-refractivity contribution in [1.29, 1.82) is 0 Å². The fourth-order valence-electron chi connectivity index (χ4n) is 2.36. The molecule has 1 aromatic carbocycles. The van der Waals surface area contributed by atoms with Crippen molar-refractivity contribution < 1.29 is 5.11 Å². The second-order valence-corrected chi connectivity index (χ2v) is 5.03. The Labute approximate surface area is 106 Å². The first-order chi connectivity index (χ1) is 8.68. The Balaban J connectivity index is 1.90. The fraction of sp³-hybridized carbons (Fsp3) is 0.357. The van der Waals surface area contributed by atoms with Crippen LogP contribution in [0.1, 0.15) is 19.3 Å². The number of hydrogen-bond donors (Lipinski definition) is 3. The predicted molar refractivity (Wildman–Crippen MR) is 73.4 cm³/mol. The van der Waals surface area contributed by atoms with Crippen molar-refractivity contribution in [2.45, 2.75) is 24.9 Å². The number of anilines is 2. The molecule has 4 heteroatoms. The third kappa shape index (κ3) is 1.88. The molecule has 0 unspecified atom stereocenters. The van der Waals surface area contributed by atoms with Crippen molar-refractivity contribution in [2.24, 2.45) is 0 Å². The third-order valence-electron chi connectivity index (χ3n) is 3.70. The lowest BCUT2D eigenvalue weighted by atomic mass is 9.80. The van der Waals surface area contributed by atoms with Crippen molar-refractivity contribution >= 4 is 22.3 Å². The van der Waals surface area contributed by atoms with E-state index in [4.69, 9.17) is 5.73 Å². The minimum absolute atomic E-state index is 0.539. The molecule has 3 rings (SSSR count). The van der Waals surface area contributed by atoms with Gasteiger partial charge in [-0.2, -0.15) is 0 Å². The van der Waals surface area contributed by atoms with Gasteiger partial charge in [-0.1, -0.05) is 0 Å². The molecule has 0 spiro atoms. The monoisotopic (exact) mass is 243 g/mol. The molecule has 2 aromatic rings. The van der Waals surface area contributed by atoms with Gasteiger partial charge in [0.1, 0.15) is 0 Å². The summed E-state index contributed by atoms with van der Waals surface area (Å²) in [4.78, 5) is 4.36. The Kier molecular flexibility index (Phi) is 2.59. The summed E-state index contributed by atoms with van der Waals surface area (Å²) in [5.41, 5.74) is 7.91. The van der Waals surface area contributed by atoms with Gasteiger partial charge < -0.3 is 16.2 Å². The summed E-state index contributed by atoms with van der Waals surface area (Å²) in [7, 11) is 0. The van der Waals surface area contributed by atoms with Gasteiger partial charge in [0.2, 0.25) is 0 Å². The predicted octanol–water partition coefficient (Wildman–Crippen LogP) is 2.14. The average molecular weight is 243 g/mol. The van der Waals surface area contributed by atoms with E-state index in [0.717, 1.165) is 41.5 Å².